The fourth-order valence-electron chi connectivity index (χ4n) is 0.893. The van der Waals surface area contributed by atoms with E-state index in [2.05, 4.69) is 5.32 Å². The summed E-state index contributed by atoms with van der Waals surface area (Å²) in [5.41, 5.74) is 10.7. The second kappa shape index (κ2) is 5.59. The van der Waals surface area contributed by atoms with Gasteiger partial charge >= 0.3 is 0 Å². The fraction of sp³-hybridized carbons (Fsp3) is 0.778. The van der Waals surface area contributed by atoms with Crippen LogP contribution in [-0.2, 0) is 9.59 Å². The molecule has 5 N–H and O–H groups in total. The monoisotopic (exact) mass is 201 g/mol. The highest BCUT2D eigenvalue weighted by Crippen LogP contribution is 2.05. The van der Waals surface area contributed by atoms with Crippen molar-refractivity contribution in [2.45, 2.75) is 39.3 Å². The van der Waals surface area contributed by atoms with Crippen LogP contribution in [0.5, 0.6) is 0 Å². The molecule has 5 heteroatoms. The number of primary amides is 1. The first-order valence-electron chi connectivity index (χ1n) is 4.75. The molecule has 0 bridgehead atoms. The number of hydrogen-bond acceptors (Lipinski definition) is 3. The van der Waals surface area contributed by atoms with Crippen LogP contribution in [0.1, 0.15) is 27.2 Å². The molecule has 0 saturated carbocycles. The quantitative estimate of drug-likeness (QED) is 0.551. The summed E-state index contributed by atoms with van der Waals surface area (Å²) in [4.78, 5) is 22.1. The summed E-state index contributed by atoms with van der Waals surface area (Å²) >= 11 is 0. The van der Waals surface area contributed by atoms with Crippen molar-refractivity contribution in [3.8, 4) is 0 Å². The number of hydrogen-bond donors (Lipinski definition) is 3. The molecule has 0 aromatic heterocycles. The molecule has 3 atom stereocenters. The number of rotatable bonds is 5. The van der Waals surface area contributed by atoms with Crippen LogP contribution in [0.25, 0.3) is 0 Å². The second-order valence-corrected chi connectivity index (χ2v) is 3.54. The summed E-state index contributed by atoms with van der Waals surface area (Å²) in [6, 6.07) is -1.25. The predicted molar refractivity (Wildman–Crippen MR) is 54.2 cm³/mol. The largest absolute Gasteiger partial charge is 0.368 e. The third kappa shape index (κ3) is 3.74. The standard InChI is InChI=1S/C9H19N3O2/c1-4-5(2)7(10)9(14)12-6(3)8(11)13/h5-7H,4,10H2,1-3H3,(H2,11,13)(H,12,14). The number of nitrogens with one attached hydrogen (secondary N) is 1. The summed E-state index contributed by atoms with van der Waals surface area (Å²) in [5, 5.41) is 2.46. The number of carbonyl (C=O) groups is 2. The van der Waals surface area contributed by atoms with Crippen molar-refractivity contribution in [1.82, 2.24) is 5.32 Å². The Kier molecular flexibility index (Phi) is 5.15. The molecule has 2 amide bonds. The van der Waals surface area contributed by atoms with Gasteiger partial charge in [-0.1, -0.05) is 20.3 Å². The van der Waals surface area contributed by atoms with Crippen LogP contribution in [0, 0.1) is 5.92 Å². The molecule has 0 spiro atoms. The Balaban J connectivity index is 4.14. The molecule has 0 heterocycles. The van der Waals surface area contributed by atoms with Crippen molar-refractivity contribution in [1.29, 1.82) is 0 Å². The Morgan fingerprint density at radius 1 is 1.36 bits per heavy atom. The van der Waals surface area contributed by atoms with Crippen molar-refractivity contribution in [2.24, 2.45) is 17.4 Å². The molecule has 0 aliphatic carbocycles. The first-order valence-corrected chi connectivity index (χ1v) is 4.75. The van der Waals surface area contributed by atoms with Gasteiger partial charge in [0.1, 0.15) is 6.04 Å². The fourth-order valence-corrected chi connectivity index (χ4v) is 0.893. The minimum absolute atomic E-state index is 0.0927. The highest BCUT2D eigenvalue weighted by molar-refractivity contribution is 5.88. The van der Waals surface area contributed by atoms with Crippen LogP contribution in [0.15, 0.2) is 0 Å². The molecular formula is C9H19N3O2. The molecule has 0 rings (SSSR count). The zero-order valence-electron chi connectivity index (χ0n) is 8.91. The molecule has 0 aliphatic rings. The van der Waals surface area contributed by atoms with Gasteiger partial charge in [0.05, 0.1) is 6.04 Å². The minimum atomic E-state index is -0.669. The lowest BCUT2D eigenvalue weighted by molar-refractivity contribution is -0.128. The van der Waals surface area contributed by atoms with Gasteiger partial charge in [-0.15, -0.1) is 0 Å². The maximum absolute atomic E-state index is 11.4. The third-order valence-corrected chi connectivity index (χ3v) is 2.35. The topological polar surface area (TPSA) is 98.2 Å². The second-order valence-electron chi connectivity index (χ2n) is 3.54. The van der Waals surface area contributed by atoms with Crippen LogP contribution >= 0.6 is 0 Å². The molecule has 5 nitrogen and oxygen atoms in total. The Morgan fingerprint density at radius 2 is 1.86 bits per heavy atom. The lowest BCUT2D eigenvalue weighted by Crippen LogP contribution is -2.51. The lowest BCUT2D eigenvalue weighted by Gasteiger charge is -2.19. The average Bonchev–Trinajstić information content (AvgIpc) is 2.14. The van der Waals surface area contributed by atoms with Gasteiger partial charge in [-0.25, -0.2) is 0 Å². The summed E-state index contributed by atoms with van der Waals surface area (Å²) in [7, 11) is 0. The van der Waals surface area contributed by atoms with E-state index in [9.17, 15) is 9.59 Å². The van der Waals surface area contributed by atoms with Crippen LogP contribution < -0.4 is 16.8 Å². The molecule has 0 aromatic rings. The van der Waals surface area contributed by atoms with E-state index in [0.29, 0.717) is 0 Å². The summed E-state index contributed by atoms with van der Waals surface area (Å²) in [6.45, 7) is 5.37. The van der Waals surface area contributed by atoms with E-state index in [0.717, 1.165) is 6.42 Å². The van der Waals surface area contributed by atoms with E-state index in [-0.39, 0.29) is 11.8 Å². The molecule has 0 radical (unpaired) electrons. The molecule has 3 unspecified atom stereocenters. The Labute approximate surface area is 84.2 Å². The lowest BCUT2D eigenvalue weighted by atomic mass is 9.99. The van der Waals surface area contributed by atoms with Crippen molar-refractivity contribution >= 4 is 11.8 Å². The van der Waals surface area contributed by atoms with Crippen molar-refractivity contribution in [3.63, 3.8) is 0 Å². The van der Waals surface area contributed by atoms with E-state index in [1.54, 1.807) is 0 Å². The Bertz CT molecular complexity index is 218. The van der Waals surface area contributed by atoms with Crippen molar-refractivity contribution in [3.05, 3.63) is 0 Å². The van der Waals surface area contributed by atoms with E-state index in [1.165, 1.54) is 6.92 Å². The molecule has 0 aliphatic heterocycles. The van der Waals surface area contributed by atoms with E-state index < -0.39 is 18.0 Å². The summed E-state index contributed by atoms with van der Waals surface area (Å²) in [5.74, 6) is -0.796. The van der Waals surface area contributed by atoms with Gasteiger partial charge in [0.25, 0.3) is 0 Å². The molecule has 0 saturated heterocycles. The smallest absolute Gasteiger partial charge is 0.239 e. The highest BCUT2D eigenvalue weighted by atomic mass is 16.2. The van der Waals surface area contributed by atoms with Crippen molar-refractivity contribution < 1.29 is 9.59 Å². The van der Waals surface area contributed by atoms with E-state index in [1.807, 2.05) is 13.8 Å². The predicted octanol–water partition coefficient (Wildman–Crippen LogP) is -0.650. The van der Waals surface area contributed by atoms with Gasteiger partial charge < -0.3 is 16.8 Å². The van der Waals surface area contributed by atoms with Crippen LogP contribution in [-0.4, -0.2) is 23.9 Å². The first kappa shape index (κ1) is 12.9. The van der Waals surface area contributed by atoms with Crippen LogP contribution in [0.4, 0.5) is 0 Å². The Morgan fingerprint density at radius 3 is 2.21 bits per heavy atom. The molecule has 0 fully saturated rings. The number of nitrogens with two attached hydrogens (primary N) is 2. The van der Waals surface area contributed by atoms with Gasteiger partial charge in [-0.2, -0.15) is 0 Å². The van der Waals surface area contributed by atoms with Gasteiger partial charge in [0, 0.05) is 0 Å². The average molecular weight is 201 g/mol. The number of amides is 2. The molecule has 0 aromatic carbocycles. The van der Waals surface area contributed by atoms with Crippen molar-refractivity contribution in [2.75, 3.05) is 0 Å². The number of carbonyl (C=O) groups excluding carboxylic acids is 2. The SMILES string of the molecule is CCC(C)C(N)C(=O)NC(C)C(N)=O. The van der Waals surface area contributed by atoms with Gasteiger partial charge in [-0.05, 0) is 12.8 Å². The normalized spacial score (nSPS) is 16.9. The molecular weight excluding hydrogens is 182 g/mol. The zero-order chi connectivity index (χ0) is 11.3. The summed E-state index contributed by atoms with van der Waals surface area (Å²) in [6.07, 6.45) is 0.819. The van der Waals surface area contributed by atoms with Gasteiger partial charge in [0.2, 0.25) is 11.8 Å². The minimum Gasteiger partial charge on any atom is -0.368 e. The van der Waals surface area contributed by atoms with Gasteiger partial charge in [0.15, 0.2) is 0 Å². The van der Waals surface area contributed by atoms with E-state index in [4.69, 9.17) is 11.5 Å². The van der Waals surface area contributed by atoms with Crippen LogP contribution in [0.2, 0.25) is 0 Å². The van der Waals surface area contributed by atoms with E-state index >= 15 is 0 Å². The summed E-state index contributed by atoms with van der Waals surface area (Å²) < 4.78 is 0. The maximum atomic E-state index is 11.4. The zero-order valence-corrected chi connectivity index (χ0v) is 8.91. The molecule has 82 valence electrons. The Hall–Kier alpha value is -1.10. The third-order valence-electron chi connectivity index (χ3n) is 2.35. The molecule has 14 heavy (non-hydrogen) atoms. The maximum Gasteiger partial charge on any atom is 0.239 e. The van der Waals surface area contributed by atoms with Crippen LogP contribution in [0.3, 0.4) is 0 Å². The first-order chi connectivity index (χ1) is 6.40. The highest BCUT2D eigenvalue weighted by Gasteiger charge is 2.21. The van der Waals surface area contributed by atoms with Gasteiger partial charge in [-0.3, -0.25) is 9.59 Å².